The summed E-state index contributed by atoms with van der Waals surface area (Å²) in [6.07, 6.45) is 17.4. The molecule has 0 aromatic carbocycles. The summed E-state index contributed by atoms with van der Waals surface area (Å²) in [5.41, 5.74) is 1.16. The molecular weight excluding hydrogens is 364 g/mol. The van der Waals surface area contributed by atoms with Crippen molar-refractivity contribution in [2.24, 2.45) is 11.8 Å². The maximum Gasteiger partial charge on any atom is 0.313 e. The van der Waals surface area contributed by atoms with Crippen molar-refractivity contribution >= 4 is 11.9 Å². The first-order valence-corrected chi connectivity index (χ1v) is 12.1. The monoisotopic (exact) mass is 408 g/mol. The van der Waals surface area contributed by atoms with Gasteiger partial charge in [-0.05, 0) is 32.6 Å². The third-order valence-electron chi connectivity index (χ3n) is 5.81. The number of esters is 2. The highest BCUT2D eigenvalue weighted by atomic mass is 16.5. The summed E-state index contributed by atoms with van der Waals surface area (Å²) in [7, 11) is 0. The fourth-order valence-corrected chi connectivity index (χ4v) is 3.88. The average molecular weight is 409 g/mol. The van der Waals surface area contributed by atoms with E-state index < -0.39 is 11.8 Å². The van der Waals surface area contributed by atoms with Gasteiger partial charge in [0.2, 0.25) is 0 Å². The maximum absolute atomic E-state index is 12.6. The Bertz CT molecular complexity index is 483. The van der Waals surface area contributed by atoms with E-state index in [-0.39, 0.29) is 11.9 Å². The highest BCUT2D eigenvalue weighted by Crippen LogP contribution is 2.31. The number of ether oxygens (including phenoxy) is 2. The largest absolute Gasteiger partial charge is 0.465 e. The third-order valence-corrected chi connectivity index (χ3v) is 5.81. The van der Waals surface area contributed by atoms with Crippen LogP contribution >= 0.6 is 0 Å². The van der Waals surface area contributed by atoms with Crippen LogP contribution in [0.2, 0.25) is 0 Å². The van der Waals surface area contributed by atoms with E-state index in [0.717, 1.165) is 37.7 Å². The summed E-state index contributed by atoms with van der Waals surface area (Å²) in [4.78, 5) is 25.2. The van der Waals surface area contributed by atoms with Crippen LogP contribution in [0.15, 0.2) is 11.6 Å². The summed E-state index contributed by atoms with van der Waals surface area (Å²) in [5, 5.41) is 0. The van der Waals surface area contributed by atoms with Crippen LogP contribution in [0.3, 0.4) is 0 Å². The van der Waals surface area contributed by atoms with Crippen molar-refractivity contribution in [3.8, 4) is 0 Å². The van der Waals surface area contributed by atoms with Gasteiger partial charge in [-0.1, -0.05) is 89.7 Å². The summed E-state index contributed by atoms with van der Waals surface area (Å²) < 4.78 is 11.0. The molecule has 0 aliphatic heterocycles. The van der Waals surface area contributed by atoms with Crippen molar-refractivity contribution < 1.29 is 19.1 Å². The zero-order chi connectivity index (χ0) is 21.3. The van der Waals surface area contributed by atoms with Gasteiger partial charge in [-0.25, -0.2) is 0 Å². The lowest BCUT2D eigenvalue weighted by atomic mass is 9.81. The average Bonchev–Trinajstić information content (AvgIpc) is 2.72. The zero-order valence-corrected chi connectivity index (χ0v) is 19.2. The number of rotatable bonds is 16. The van der Waals surface area contributed by atoms with Crippen LogP contribution < -0.4 is 0 Å². The minimum absolute atomic E-state index is 0.233. The van der Waals surface area contributed by atoms with Crippen LogP contribution in [0, 0.1) is 11.8 Å². The number of unbranched alkanes of at least 4 members (excludes halogenated alkanes) is 10. The fourth-order valence-electron chi connectivity index (χ4n) is 3.88. The summed E-state index contributed by atoms with van der Waals surface area (Å²) in [6, 6.07) is 0. The molecule has 2 atom stereocenters. The number of carbonyl (C=O) groups excluding carboxylic acids is 2. The second-order valence-corrected chi connectivity index (χ2v) is 8.55. The highest BCUT2D eigenvalue weighted by molar-refractivity contribution is 5.84. The van der Waals surface area contributed by atoms with Crippen molar-refractivity contribution in [2.75, 3.05) is 13.2 Å². The van der Waals surface area contributed by atoms with E-state index >= 15 is 0 Å². The van der Waals surface area contributed by atoms with Crippen LogP contribution in [0.4, 0.5) is 0 Å². The van der Waals surface area contributed by atoms with E-state index in [0.29, 0.717) is 19.6 Å². The third kappa shape index (κ3) is 11.4. The lowest BCUT2D eigenvalue weighted by Gasteiger charge is -2.26. The zero-order valence-electron chi connectivity index (χ0n) is 19.2. The van der Waals surface area contributed by atoms with Gasteiger partial charge in [-0.3, -0.25) is 9.59 Å². The van der Waals surface area contributed by atoms with Crippen LogP contribution in [-0.4, -0.2) is 25.2 Å². The lowest BCUT2D eigenvalue weighted by molar-refractivity contribution is -0.159. The molecular formula is C25H44O4. The Balaban J connectivity index is 2.34. The molecule has 0 bridgehead atoms. The predicted molar refractivity (Wildman–Crippen MR) is 119 cm³/mol. The Kier molecular flexibility index (Phi) is 14.6. The molecule has 1 aliphatic rings. The lowest BCUT2D eigenvalue weighted by Crippen LogP contribution is -2.34. The van der Waals surface area contributed by atoms with Gasteiger partial charge in [0.05, 0.1) is 25.0 Å². The van der Waals surface area contributed by atoms with Gasteiger partial charge in [-0.15, -0.1) is 0 Å². The van der Waals surface area contributed by atoms with Crippen LogP contribution in [-0.2, 0) is 19.1 Å². The van der Waals surface area contributed by atoms with Crippen LogP contribution in [0.5, 0.6) is 0 Å². The smallest absolute Gasteiger partial charge is 0.313 e. The number of hydrogen-bond acceptors (Lipinski definition) is 4. The molecule has 0 N–H and O–H groups in total. The van der Waals surface area contributed by atoms with Crippen molar-refractivity contribution in [3.05, 3.63) is 11.6 Å². The quantitative estimate of drug-likeness (QED) is 0.161. The fraction of sp³-hybridized carbons (Fsp3) is 0.840. The Morgan fingerprint density at radius 2 is 1.28 bits per heavy atom. The number of hydrogen-bond donors (Lipinski definition) is 0. The molecule has 0 heterocycles. The Morgan fingerprint density at radius 1 is 0.793 bits per heavy atom. The molecule has 1 aliphatic carbocycles. The summed E-state index contributed by atoms with van der Waals surface area (Å²) >= 11 is 0. The van der Waals surface area contributed by atoms with E-state index in [9.17, 15) is 9.59 Å². The molecule has 0 spiro atoms. The van der Waals surface area contributed by atoms with Gasteiger partial charge in [0, 0.05) is 0 Å². The minimum Gasteiger partial charge on any atom is -0.465 e. The van der Waals surface area contributed by atoms with E-state index in [1.54, 1.807) is 0 Å². The number of allylic oxidation sites excluding steroid dienone is 1. The molecule has 0 saturated heterocycles. The molecule has 4 heteroatoms. The van der Waals surface area contributed by atoms with Gasteiger partial charge in [-0.2, -0.15) is 0 Å². The van der Waals surface area contributed by atoms with Crippen LogP contribution in [0.1, 0.15) is 111 Å². The summed E-state index contributed by atoms with van der Waals surface area (Å²) in [5.74, 6) is -1.38. The highest BCUT2D eigenvalue weighted by Gasteiger charge is 2.36. The first-order valence-electron chi connectivity index (χ1n) is 12.1. The van der Waals surface area contributed by atoms with E-state index in [4.69, 9.17) is 9.47 Å². The molecule has 4 nitrogen and oxygen atoms in total. The van der Waals surface area contributed by atoms with E-state index in [1.165, 1.54) is 51.4 Å². The molecule has 2 unspecified atom stereocenters. The first-order chi connectivity index (χ1) is 14.1. The molecule has 0 amide bonds. The first kappa shape index (κ1) is 25.7. The van der Waals surface area contributed by atoms with E-state index in [1.807, 2.05) is 13.0 Å². The SMILES string of the molecule is CCCCCCCCOC(=O)C1C=C(C)CCC1C(=O)OCCCCCCCC. The Morgan fingerprint density at radius 3 is 1.83 bits per heavy atom. The van der Waals surface area contributed by atoms with Gasteiger partial charge in [0.1, 0.15) is 0 Å². The minimum atomic E-state index is -0.485. The van der Waals surface area contributed by atoms with Crippen molar-refractivity contribution in [1.82, 2.24) is 0 Å². The van der Waals surface area contributed by atoms with Crippen molar-refractivity contribution in [2.45, 2.75) is 111 Å². The van der Waals surface area contributed by atoms with E-state index in [2.05, 4.69) is 13.8 Å². The topological polar surface area (TPSA) is 52.6 Å². The predicted octanol–water partition coefficient (Wildman–Crippen LogP) is 6.77. The van der Waals surface area contributed by atoms with Gasteiger partial charge in [0.25, 0.3) is 0 Å². The molecule has 0 fully saturated rings. The molecule has 29 heavy (non-hydrogen) atoms. The summed E-state index contributed by atoms with van der Waals surface area (Å²) in [6.45, 7) is 7.34. The number of carbonyl (C=O) groups is 2. The van der Waals surface area contributed by atoms with Gasteiger partial charge >= 0.3 is 11.9 Å². The Labute approximate surface area is 178 Å². The molecule has 0 radical (unpaired) electrons. The second-order valence-electron chi connectivity index (χ2n) is 8.55. The normalized spacial score (nSPS) is 18.9. The van der Waals surface area contributed by atoms with Crippen LogP contribution in [0.25, 0.3) is 0 Å². The molecule has 1 rings (SSSR count). The molecule has 168 valence electrons. The van der Waals surface area contributed by atoms with Gasteiger partial charge < -0.3 is 9.47 Å². The van der Waals surface area contributed by atoms with Crippen molar-refractivity contribution in [1.29, 1.82) is 0 Å². The second kappa shape index (κ2) is 16.5. The molecule has 0 aromatic heterocycles. The molecule has 0 saturated carbocycles. The van der Waals surface area contributed by atoms with Gasteiger partial charge in [0.15, 0.2) is 0 Å². The Hall–Kier alpha value is -1.32. The van der Waals surface area contributed by atoms with Crippen molar-refractivity contribution in [3.63, 3.8) is 0 Å². The standard InChI is InChI=1S/C25H44O4/c1-4-6-8-10-12-14-18-28-24(26)22-17-16-21(3)20-23(22)25(27)29-19-15-13-11-9-7-5-2/h20,22-23H,4-19H2,1-3H3. The maximum atomic E-state index is 12.6. The molecule has 0 aromatic rings.